The molecule has 3 rings (SSSR count). The third kappa shape index (κ3) is 3.32. The predicted octanol–water partition coefficient (Wildman–Crippen LogP) is 2.99. The van der Waals surface area contributed by atoms with E-state index in [4.69, 9.17) is 0 Å². The number of hydrogen-bond donors (Lipinski definition) is 1. The van der Waals surface area contributed by atoms with Gasteiger partial charge in [0, 0.05) is 12.2 Å². The summed E-state index contributed by atoms with van der Waals surface area (Å²) in [5.74, 6) is 0.707. The normalized spacial score (nSPS) is 27.7. The molecule has 21 heavy (non-hydrogen) atoms. The Labute approximate surface area is 128 Å². The molecular weight excluding hydrogens is 260 g/mol. The zero-order valence-corrected chi connectivity index (χ0v) is 13.6. The number of imidazole rings is 1. The van der Waals surface area contributed by atoms with E-state index in [0.717, 1.165) is 12.6 Å². The Bertz CT molecular complexity index is 422. The van der Waals surface area contributed by atoms with Gasteiger partial charge in [-0.1, -0.05) is 13.3 Å². The molecule has 2 atom stereocenters. The molecule has 4 heteroatoms. The highest BCUT2D eigenvalue weighted by atomic mass is 15.2. The summed E-state index contributed by atoms with van der Waals surface area (Å²) >= 11 is 0. The van der Waals surface area contributed by atoms with E-state index in [1.807, 2.05) is 0 Å². The lowest BCUT2D eigenvalue weighted by Crippen LogP contribution is -2.38. The summed E-state index contributed by atoms with van der Waals surface area (Å²) in [6.07, 6.45) is 12.1. The second kappa shape index (κ2) is 6.93. The molecule has 0 bridgehead atoms. The van der Waals surface area contributed by atoms with Gasteiger partial charge in [-0.3, -0.25) is 4.90 Å². The summed E-state index contributed by atoms with van der Waals surface area (Å²) in [4.78, 5) is 7.22. The highest BCUT2D eigenvalue weighted by Crippen LogP contribution is 2.41. The molecule has 118 valence electrons. The maximum Gasteiger partial charge on any atom is 0.0951 e. The Morgan fingerprint density at radius 1 is 1.29 bits per heavy atom. The maximum atomic E-state index is 4.49. The van der Waals surface area contributed by atoms with Crippen LogP contribution in [-0.2, 0) is 0 Å². The lowest BCUT2D eigenvalue weighted by atomic mass is 9.92. The molecule has 1 saturated carbocycles. The first-order valence-corrected chi connectivity index (χ1v) is 8.75. The molecule has 0 radical (unpaired) electrons. The molecule has 0 amide bonds. The van der Waals surface area contributed by atoms with E-state index in [-0.39, 0.29) is 0 Å². The summed E-state index contributed by atoms with van der Waals surface area (Å²) in [6, 6.07) is 1.27. The van der Waals surface area contributed by atoms with Crippen molar-refractivity contribution in [3.63, 3.8) is 0 Å². The van der Waals surface area contributed by atoms with Gasteiger partial charge in [0.25, 0.3) is 0 Å². The molecule has 4 nitrogen and oxygen atoms in total. The van der Waals surface area contributed by atoms with E-state index in [0.29, 0.717) is 12.0 Å². The average molecular weight is 290 g/mol. The lowest BCUT2D eigenvalue weighted by Gasteiger charge is -2.35. The summed E-state index contributed by atoms with van der Waals surface area (Å²) in [6.45, 7) is 5.86. The minimum atomic E-state index is 0.544. The van der Waals surface area contributed by atoms with E-state index in [1.54, 1.807) is 0 Å². The van der Waals surface area contributed by atoms with Crippen molar-refractivity contribution >= 4 is 0 Å². The monoisotopic (exact) mass is 290 g/mol. The molecule has 1 aliphatic heterocycles. The molecular formula is C17H30N4. The first-order chi connectivity index (χ1) is 10.3. The van der Waals surface area contributed by atoms with Crippen molar-refractivity contribution in [3.8, 4) is 0 Å². The second-order valence-corrected chi connectivity index (χ2v) is 6.75. The Morgan fingerprint density at radius 2 is 2.14 bits per heavy atom. The molecule has 0 aromatic carbocycles. The van der Waals surface area contributed by atoms with Crippen molar-refractivity contribution in [2.24, 2.45) is 5.92 Å². The molecule has 1 aliphatic carbocycles. The minimum Gasteiger partial charge on any atom is -0.330 e. The Kier molecular flexibility index (Phi) is 4.96. The van der Waals surface area contributed by atoms with Crippen LogP contribution in [0.1, 0.15) is 63.2 Å². The van der Waals surface area contributed by atoms with Crippen LogP contribution in [0.15, 0.2) is 12.5 Å². The van der Waals surface area contributed by atoms with Crippen LogP contribution >= 0.6 is 0 Å². The van der Waals surface area contributed by atoms with Crippen LogP contribution in [0.4, 0.5) is 0 Å². The standard InChI is InChI=1S/C17H30N4/c1-3-9-20-10-5-4-6-14(11-18-2)17(20)16-12-19-13-21(16)15-7-8-15/h12-15,17-18H,3-11H2,1-2H3. The minimum absolute atomic E-state index is 0.544. The van der Waals surface area contributed by atoms with Crippen molar-refractivity contribution in [3.05, 3.63) is 18.2 Å². The summed E-state index contributed by atoms with van der Waals surface area (Å²) in [7, 11) is 2.09. The van der Waals surface area contributed by atoms with Gasteiger partial charge in [0.1, 0.15) is 0 Å². The Morgan fingerprint density at radius 3 is 2.86 bits per heavy atom. The number of nitrogens with zero attached hydrogens (tertiary/aromatic N) is 3. The first kappa shape index (κ1) is 15.0. The summed E-state index contributed by atoms with van der Waals surface area (Å²) < 4.78 is 2.47. The van der Waals surface area contributed by atoms with Crippen LogP contribution in [0.3, 0.4) is 0 Å². The molecule has 2 heterocycles. The molecule has 1 aromatic heterocycles. The van der Waals surface area contributed by atoms with Crippen LogP contribution in [0.25, 0.3) is 0 Å². The van der Waals surface area contributed by atoms with Gasteiger partial charge in [0.2, 0.25) is 0 Å². The van der Waals surface area contributed by atoms with Crippen LogP contribution in [0.2, 0.25) is 0 Å². The summed E-state index contributed by atoms with van der Waals surface area (Å²) in [5, 5.41) is 3.43. The zero-order chi connectivity index (χ0) is 14.7. The van der Waals surface area contributed by atoms with Crippen molar-refractivity contribution in [1.29, 1.82) is 0 Å². The van der Waals surface area contributed by atoms with Crippen molar-refractivity contribution < 1.29 is 0 Å². The van der Waals surface area contributed by atoms with Gasteiger partial charge in [-0.2, -0.15) is 0 Å². The maximum absolute atomic E-state index is 4.49. The molecule has 0 spiro atoms. The first-order valence-electron chi connectivity index (χ1n) is 8.75. The number of hydrogen-bond acceptors (Lipinski definition) is 3. The van der Waals surface area contributed by atoms with Crippen molar-refractivity contribution in [2.75, 3.05) is 26.7 Å². The summed E-state index contributed by atoms with van der Waals surface area (Å²) in [5.41, 5.74) is 1.47. The average Bonchev–Trinajstić information content (AvgIpc) is 3.25. The Balaban J connectivity index is 1.90. The fraction of sp³-hybridized carbons (Fsp3) is 0.824. The van der Waals surface area contributed by atoms with E-state index in [2.05, 4.69) is 46.3 Å². The molecule has 2 fully saturated rings. The van der Waals surface area contributed by atoms with Gasteiger partial charge in [0.15, 0.2) is 0 Å². The highest BCUT2D eigenvalue weighted by Gasteiger charge is 2.35. The quantitative estimate of drug-likeness (QED) is 0.874. The number of aromatic nitrogens is 2. The molecule has 1 saturated heterocycles. The number of likely N-dealkylation sites (tertiary alicyclic amines) is 1. The van der Waals surface area contributed by atoms with Gasteiger partial charge >= 0.3 is 0 Å². The third-order valence-corrected chi connectivity index (χ3v) is 5.03. The largest absolute Gasteiger partial charge is 0.330 e. The van der Waals surface area contributed by atoms with E-state index in [9.17, 15) is 0 Å². The molecule has 2 aliphatic rings. The van der Waals surface area contributed by atoms with Crippen LogP contribution in [0.5, 0.6) is 0 Å². The Hall–Kier alpha value is -0.870. The predicted molar refractivity (Wildman–Crippen MR) is 86.4 cm³/mol. The smallest absolute Gasteiger partial charge is 0.0951 e. The van der Waals surface area contributed by atoms with Crippen molar-refractivity contribution in [1.82, 2.24) is 19.8 Å². The van der Waals surface area contributed by atoms with Crippen LogP contribution in [-0.4, -0.2) is 41.1 Å². The fourth-order valence-electron chi connectivity index (χ4n) is 3.96. The van der Waals surface area contributed by atoms with Gasteiger partial charge in [-0.25, -0.2) is 4.98 Å². The molecule has 1 aromatic rings. The van der Waals surface area contributed by atoms with Crippen LogP contribution in [0, 0.1) is 5.92 Å². The lowest BCUT2D eigenvalue weighted by molar-refractivity contribution is 0.147. The van der Waals surface area contributed by atoms with Gasteiger partial charge < -0.3 is 9.88 Å². The van der Waals surface area contributed by atoms with Crippen molar-refractivity contribution in [2.45, 2.75) is 57.5 Å². The van der Waals surface area contributed by atoms with E-state index in [1.165, 1.54) is 57.3 Å². The zero-order valence-electron chi connectivity index (χ0n) is 13.6. The van der Waals surface area contributed by atoms with Gasteiger partial charge in [-0.05, 0) is 64.7 Å². The molecule has 2 unspecified atom stereocenters. The van der Waals surface area contributed by atoms with Crippen LogP contribution < -0.4 is 5.32 Å². The number of nitrogens with one attached hydrogen (secondary N) is 1. The van der Waals surface area contributed by atoms with Gasteiger partial charge in [-0.15, -0.1) is 0 Å². The SMILES string of the molecule is CCCN1CCCCC(CNC)C1c1cncn1C1CC1. The topological polar surface area (TPSA) is 33.1 Å². The van der Waals surface area contributed by atoms with E-state index >= 15 is 0 Å². The second-order valence-electron chi connectivity index (χ2n) is 6.75. The highest BCUT2D eigenvalue weighted by molar-refractivity contribution is 5.12. The van der Waals surface area contributed by atoms with Gasteiger partial charge in [0.05, 0.1) is 18.1 Å². The molecule has 1 N–H and O–H groups in total. The fourth-order valence-corrected chi connectivity index (χ4v) is 3.96. The number of rotatable bonds is 6. The third-order valence-electron chi connectivity index (χ3n) is 5.03. The van der Waals surface area contributed by atoms with E-state index < -0.39 is 0 Å².